The third-order valence-corrected chi connectivity index (χ3v) is 4.25. The number of hydrogen-bond donors (Lipinski definition) is 1. The Morgan fingerprint density at radius 1 is 1.23 bits per heavy atom. The van der Waals surface area contributed by atoms with Crippen molar-refractivity contribution in [2.45, 2.75) is 32.7 Å². The van der Waals surface area contributed by atoms with Gasteiger partial charge in [-0.05, 0) is 31.0 Å². The molecule has 1 aromatic rings. The van der Waals surface area contributed by atoms with E-state index in [1.807, 2.05) is 13.8 Å². The minimum atomic E-state index is -2.62. The number of carbonyl (C=O) groups is 1. The zero-order valence-electron chi connectivity index (χ0n) is 13.1. The summed E-state index contributed by atoms with van der Waals surface area (Å²) in [5, 5.41) is 2.55. The van der Waals surface area contributed by atoms with Crippen molar-refractivity contribution in [2.24, 2.45) is 11.8 Å². The summed E-state index contributed by atoms with van der Waals surface area (Å²) in [6.45, 7) is 6.56. The van der Waals surface area contributed by atoms with Crippen LogP contribution < -0.4 is 5.32 Å². The second kappa shape index (κ2) is 7.68. The first-order valence-electron chi connectivity index (χ1n) is 7.85. The standard InChI is InChI=1S/C17H24F2N2O/c1-12(2)14(11-21-9-6-10-21)17(22)20-15(16(18)19)13-7-4-3-5-8-13/h3-5,7-8,12,14-16H,6,9-11H2,1-2H3,(H,20,22)/t14-,15-/m1/s1. The van der Waals surface area contributed by atoms with Crippen molar-refractivity contribution < 1.29 is 13.6 Å². The number of benzene rings is 1. The van der Waals surface area contributed by atoms with Crippen molar-refractivity contribution >= 4 is 5.91 Å². The van der Waals surface area contributed by atoms with Crippen LogP contribution in [0.2, 0.25) is 0 Å². The second-order valence-corrected chi connectivity index (χ2v) is 6.24. The molecule has 0 spiro atoms. The van der Waals surface area contributed by atoms with Crippen LogP contribution in [-0.4, -0.2) is 36.9 Å². The van der Waals surface area contributed by atoms with Crippen molar-refractivity contribution in [1.82, 2.24) is 10.2 Å². The lowest BCUT2D eigenvalue weighted by atomic mass is 9.92. The van der Waals surface area contributed by atoms with Crippen molar-refractivity contribution in [3.63, 3.8) is 0 Å². The average molecular weight is 310 g/mol. The molecule has 0 aromatic heterocycles. The molecular formula is C17H24F2N2O. The quantitative estimate of drug-likeness (QED) is 0.839. The molecule has 1 aromatic carbocycles. The van der Waals surface area contributed by atoms with E-state index in [1.54, 1.807) is 30.3 Å². The van der Waals surface area contributed by atoms with Crippen molar-refractivity contribution in [3.05, 3.63) is 35.9 Å². The maximum absolute atomic E-state index is 13.3. The van der Waals surface area contributed by atoms with Crippen LogP contribution in [0.1, 0.15) is 31.9 Å². The van der Waals surface area contributed by atoms with Gasteiger partial charge in [0.05, 0.1) is 5.92 Å². The van der Waals surface area contributed by atoms with E-state index >= 15 is 0 Å². The summed E-state index contributed by atoms with van der Waals surface area (Å²) in [6, 6.07) is 7.18. The van der Waals surface area contributed by atoms with Crippen molar-refractivity contribution in [1.29, 1.82) is 0 Å². The van der Waals surface area contributed by atoms with Gasteiger partial charge in [-0.25, -0.2) is 8.78 Å². The molecule has 1 aliphatic rings. The summed E-state index contributed by atoms with van der Waals surface area (Å²) in [6.07, 6.45) is -1.47. The molecule has 0 bridgehead atoms. The van der Waals surface area contributed by atoms with Crippen LogP contribution in [0.3, 0.4) is 0 Å². The summed E-state index contributed by atoms with van der Waals surface area (Å²) in [7, 11) is 0. The molecule has 1 saturated heterocycles. The molecule has 0 saturated carbocycles. The first kappa shape index (κ1) is 16.9. The van der Waals surface area contributed by atoms with E-state index in [9.17, 15) is 13.6 Å². The monoisotopic (exact) mass is 310 g/mol. The van der Waals surface area contributed by atoms with Crippen LogP contribution in [0.15, 0.2) is 30.3 Å². The normalized spacial score (nSPS) is 18.1. The van der Waals surface area contributed by atoms with E-state index in [0.29, 0.717) is 12.1 Å². The number of hydrogen-bond acceptors (Lipinski definition) is 2. The van der Waals surface area contributed by atoms with E-state index in [-0.39, 0.29) is 17.7 Å². The Labute approximate surface area is 130 Å². The van der Waals surface area contributed by atoms with E-state index in [1.165, 1.54) is 0 Å². The van der Waals surface area contributed by atoms with Crippen LogP contribution >= 0.6 is 0 Å². The highest BCUT2D eigenvalue weighted by Gasteiger charge is 2.31. The van der Waals surface area contributed by atoms with Crippen LogP contribution in [-0.2, 0) is 4.79 Å². The number of likely N-dealkylation sites (tertiary alicyclic amines) is 1. The number of nitrogens with zero attached hydrogens (tertiary/aromatic N) is 1. The second-order valence-electron chi connectivity index (χ2n) is 6.24. The Hall–Kier alpha value is -1.49. The highest BCUT2D eigenvalue weighted by molar-refractivity contribution is 5.79. The summed E-state index contributed by atoms with van der Waals surface area (Å²) < 4.78 is 26.6. The topological polar surface area (TPSA) is 32.3 Å². The fourth-order valence-corrected chi connectivity index (χ4v) is 2.65. The number of amides is 1. The van der Waals surface area contributed by atoms with Gasteiger partial charge in [0.15, 0.2) is 0 Å². The van der Waals surface area contributed by atoms with Gasteiger partial charge in [-0.2, -0.15) is 0 Å². The first-order valence-corrected chi connectivity index (χ1v) is 7.85. The maximum atomic E-state index is 13.3. The van der Waals surface area contributed by atoms with Gasteiger partial charge in [-0.1, -0.05) is 44.2 Å². The third-order valence-electron chi connectivity index (χ3n) is 4.25. The van der Waals surface area contributed by atoms with Crippen LogP contribution in [0.25, 0.3) is 0 Å². The predicted octanol–water partition coefficient (Wildman–Crippen LogP) is 3.09. The SMILES string of the molecule is CC(C)[C@@H](CN1CCC1)C(=O)N[C@H](c1ccccc1)C(F)F. The Morgan fingerprint density at radius 3 is 2.32 bits per heavy atom. The number of halogens is 2. The van der Waals surface area contributed by atoms with Gasteiger partial charge < -0.3 is 10.2 Å². The Bertz CT molecular complexity index is 475. The summed E-state index contributed by atoms with van der Waals surface area (Å²) >= 11 is 0. The summed E-state index contributed by atoms with van der Waals surface area (Å²) in [5.41, 5.74) is 0.442. The molecule has 0 unspecified atom stereocenters. The molecule has 1 amide bonds. The molecule has 3 nitrogen and oxygen atoms in total. The lowest BCUT2D eigenvalue weighted by Gasteiger charge is -2.35. The Balaban J connectivity index is 2.05. The first-order chi connectivity index (χ1) is 10.5. The van der Waals surface area contributed by atoms with Crippen LogP contribution in [0.5, 0.6) is 0 Å². The largest absolute Gasteiger partial charge is 0.343 e. The van der Waals surface area contributed by atoms with E-state index in [4.69, 9.17) is 0 Å². The van der Waals surface area contributed by atoms with Gasteiger partial charge in [0.1, 0.15) is 6.04 Å². The minimum Gasteiger partial charge on any atom is -0.343 e. The molecule has 22 heavy (non-hydrogen) atoms. The van der Waals surface area contributed by atoms with Gasteiger partial charge in [-0.3, -0.25) is 4.79 Å². The molecule has 0 radical (unpaired) electrons. The molecule has 1 fully saturated rings. The van der Waals surface area contributed by atoms with Crippen molar-refractivity contribution in [2.75, 3.05) is 19.6 Å². The van der Waals surface area contributed by atoms with Gasteiger partial charge in [-0.15, -0.1) is 0 Å². The van der Waals surface area contributed by atoms with E-state index in [2.05, 4.69) is 10.2 Å². The lowest BCUT2D eigenvalue weighted by Crippen LogP contribution is -2.47. The molecule has 0 aliphatic carbocycles. The highest BCUT2D eigenvalue weighted by atomic mass is 19.3. The van der Waals surface area contributed by atoms with Crippen molar-refractivity contribution in [3.8, 4) is 0 Å². The van der Waals surface area contributed by atoms with Crippen LogP contribution in [0, 0.1) is 11.8 Å². The molecule has 1 N–H and O–H groups in total. The zero-order valence-corrected chi connectivity index (χ0v) is 13.1. The molecule has 1 heterocycles. The number of alkyl halides is 2. The Kier molecular flexibility index (Phi) is 5.89. The number of nitrogens with one attached hydrogen (secondary N) is 1. The van der Waals surface area contributed by atoms with Gasteiger partial charge >= 0.3 is 0 Å². The third kappa shape index (κ3) is 4.26. The van der Waals surface area contributed by atoms with E-state index < -0.39 is 12.5 Å². The maximum Gasteiger partial charge on any atom is 0.262 e. The van der Waals surface area contributed by atoms with Gasteiger partial charge in [0.25, 0.3) is 6.43 Å². The summed E-state index contributed by atoms with van der Waals surface area (Å²) in [5.74, 6) is -0.420. The fourth-order valence-electron chi connectivity index (χ4n) is 2.65. The smallest absolute Gasteiger partial charge is 0.262 e. The Morgan fingerprint density at radius 2 is 1.86 bits per heavy atom. The molecule has 5 heteroatoms. The molecule has 2 rings (SSSR count). The zero-order chi connectivity index (χ0) is 16.1. The van der Waals surface area contributed by atoms with E-state index in [0.717, 1.165) is 19.5 Å². The predicted molar refractivity (Wildman–Crippen MR) is 82.7 cm³/mol. The van der Waals surface area contributed by atoms with Crippen LogP contribution in [0.4, 0.5) is 8.78 Å². The van der Waals surface area contributed by atoms with Gasteiger partial charge in [0, 0.05) is 6.54 Å². The fraction of sp³-hybridized carbons (Fsp3) is 0.588. The summed E-state index contributed by atoms with van der Waals surface area (Å²) in [4.78, 5) is 14.7. The number of rotatable bonds is 7. The highest BCUT2D eigenvalue weighted by Crippen LogP contribution is 2.23. The average Bonchev–Trinajstić information content (AvgIpc) is 2.43. The molecule has 2 atom stereocenters. The van der Waals surface area contributed by atoms with Gasteiger partial charge in [0.2, 0.25) is 5.91 Å². The molecular weight excluding hydrogens is 286 g/mol. The minimum absolute atomic E-state index is 0.120. The molecule has 1 aliphatic heterocycles. The molecule has 122 valence electrons. The lowest BCUT2D eigenvalue weighted by molar-refractivity contribution is -0.129. The number of carbonyl (C=O) groups excluding carboxylic acids is 1.